The number of anilines is 2. The van der Waals surface area contributed by atoms with Crippen LogP contribution in [0.15, 0.2) is 41.3 Å². The van der Waals surface area contributed by atoms with Crippen molar-refractivity contribution >= 4 is 44.8 Å². The van der Waals surface area contributed by atoms with E-state index >= 15 is 0 Å². The topological polar surface area (TPSA) is 105 Å². The summed E-state index contributed by atoms with van der Waals surface area (Å²) >= 11 is 6.14. The van der Waals surface area contributed by atoms with Crippen molar-refractivity contribution in [1.29, 1.82) is 0 Å². The van der Waals surface area contributed by atoms with Crippen molar-refractivity contribution < 1.29 is 22.7 Å². The summed E-state index contributed by atoms with van der Waals surface area (Å²) in [6.45, 7) is 6.14. The summed E-state index contributed by atoms with van der Waals surface area (Å²) < 4.78 is 34.0. The molecule has 0 aliphatic carbocycles. The maximum atomic E-state index is 13.2. The summed E-state index contributed by atoms with van der Waals surface area (Å²) in [4.78, 5) is 26.9. The lowest BCUT2D eigenvalue weighted by Gasteiger charge is -2.21. The Balaban J connectivity index is 1.81. The highest BCUT2D eigenvalue weighted by molar-refractivity contribution is 7.89. The van der Waals surface area contributed by atoms with E-state index in [-0.39, 0.29) is 16.7 Å². The number of nitrogens with one attached hydrogen (secondary N) is 2. The summed E-state index contributed by atoms with van der Waals surface area (Å²) in [7, 11) is -2.50. The molecular weight excluding hydrogens is 478 g/mol. The minimum atomic E-state index is -3.99. The zero-order chi connectivity index (χ0) is 25.0. The van der Waals surface area contributed by atoms with E-state index in [0.29, 0.717) is 42.3 Å². The van der Waals surface area contributed by atoms with Crippen molar-refractivity contribution in [1.82, 2.24) is 4.72 Å². The van der Waals surface area contributed by atoms with Gasteiger partial charge >= 0.3 is 0 Å². The first-order chi connectivity index (χ1) is 16.1. The molecule has 2 aromatic carbocycles. The number of nitrogens with zero attached hydrogens (tertiary/aromatic N) is 1. The first kappa shape index (κ1) is 26.0. The molecule has 3 rings (SSSR count). The number of ether oxygens (including phenoxy) is 1. The van der Waals surface area contributed by atoms with Gasteiger partial charge in [-0.15, -0.1) is 0 Å². The van der Waals surface area contributed by atoms with E-state index in [4.69, 9.17) is 16.3 Å². The number of rotatable bonds is 9. The molecule has 0 unspecified atom stereocenters. The van der Waals surface area contributed by atoms with Crippen molar-refractivity contribution in [3.8, 4) is 5.75 Å². The molecule has 1 aliphatic heterocycles. The second kappa shape index (κ2) is 10.8. The smallest absolute Gasteiger partial charge is 0.242 e. The molecule has 1 aliphatic rings. The number of benzene rings is 2. The van der Waals surface area contributed by atoms with E-state index in [0.717, 1.165) is 11.3 Å². The maximum Gasteiger partial charge on any atom is 0.242 e. The van der Waals surface area contributed by atoms with Gasteiger partial charge in [0.15, 0.2) is 0 Å². The Bertz CT molecular complexity index is 1180. The quantitative estimate of drug-likeness (QED) is 0.534. The van der Waals surface area contributed by atoms with Gasteiger partial charge in [0, 0.05) is 24.3 Å². The van der Waals surface area contributed by atoms with Crippen LogP contribution >= 0.6 is 11.6 Å². The molecule has 2 aromatic rings. The fourth-order valence-electron chi connectivity index (χ4n) is 3.90. The summed E-state index contributed by atoms with van der Waals surface area (Å²) in [6, 6.07) is 8.51. The molecule has 0 saturated carbocycles. The molecule has 0 aromatic heterocycles. The van der Waals surface area contributed by atoms with Crippen LogP contribution in [0, 0.1) is 5.92 Å². The van der Waals surface area contributed by atoms with Crippen molar-refractivity contribution in [3.05, 3.63) is 47.0 Å². The number of carbonyl (C=O) groups is 2. The zero-order valence-electron chi connectivity index (χ0n) is 19.7. The van der Waals surface area contributed by atoms with Crippen molar-refractivity contribution in [3.63, 3.8) is 0 Å². The highest BCUT2D eigenvalue weighted by Gasteiger charge is 2.29. The molecule has 0 radical (unpaired) electrons. The van der Waals surface area contributed by atoms with Gasteiger partial charge in [0.2, 0.25) is 21.8 Å². The number of methoxy groups -OCH3 is 1. The number of carbonyl (C=O) groups excluding carboxylic acids is 2. The highest BCUT2D eigenvalue weighted by Crippen LogP contribution is 2.31. The normalized spacial score (nSPS) is 14.1. The van der Waals surface area contributed by atoms with E-state index < -0.39 is 22.0 Å². The lowest BCUT2D eigenvalue weighted by Crippen LogP contribution is -2.44. The van der Waals surface area contributed by atoms with Gasteiger partial charge in [-0.1, -0.05) is 32.4 Å². The first-order valence-electron chi connectivity index (χ1n) is 11.2. The Morgan fingerprint density at radius 3 is 2.53 bits per heavy atom. The van der Waals surface area contributed by atoms with E-state index in [1.54, 1.807) is 42.2 Å². The number of hydrogen-bond acceptors (Lipinski definition) is 5. The third-order valence-electron chi connectivity index (χ3n) is 5.60. The summed E-state index contributed by atoms with van der Waals surface area (Å²) in [5, 5.41) is 3.06. The van der Waals surface area contributed by atoms with Crippen LogP contribution in [0.1, 0.15) is 39.2 Å². The van der Waals surface area contributed by atoms with Crippen LogP contribution in [0.3, 0.4) is 0 Å². The van der Waals surface area contributed by atoms with Gasteiger partial charge in [0.1, 0.15) is 11.8 Å². The minimum absolute atomic E-state index is 0.000198. The van der Waals surface area contributed by atoms with E-state index in [1.807, 2.05) is 13.8 Å². The Morgan fingerprint density at radius 1 is 1.18 bits per heavy atom. The van der Waals surface area contributed by atoms with Gasteiger partial charge in [-0.25, -0.2) is 8.42 Å². The van der Waals surface area contributed by atoms with Gasteiger partial charge < -0.3 is 15.0 Å². The summed E-state index contributed by atoms with van der Waals surface area (Å²) in [5.41, 5.74) is 1.96. The Hall–Kier alpha value is -2.62. The molecule has 2 N–H and O–H groups in total. The molecular formula is C24H30ClN3O5S. The standard InChI is InChI=1S/C24H30ClN3O5S/c1-5-23(29)28-11-10-16-13-18(7-8-21(16)28)34(31,32)27-20(12-15(2)3)24(30)26-17-6-9-22(33-4)19(25)14-17/h6-9,13-15,20,27H,5,10-12H2,1-4H3,(H,26,30)/t20-/m0/s1. The van der Waals surface area contributed by atoms with Crippen molar-refractivity contribution in [2.45, 2.75) is 51.0 Å². The van der Waals surface area contributed by atoms with Crippen LogP contribution in [-0.4, -0.2) is 39.9 Å². The number of hydrogen-bond donors (Lipinski definition) is 2. The van der Waals surface area contributed by atoms with Gasteiger partial charge in [0.25, 0.3) is 0 Å². The first-order valence-corrected chi connectivity index (χ1v) is 13.0. The monoisotopic (exact) mass is 507 g/mol. The van der Waals surface area contributed by atoms with Crippen molar-refractivity contribution in [2.24, 2.45) is 5.92 Å². The Kier molecular flexibility index (Phi) is 8.22. The van der Waals surface area contributed by atoms with Gasteiger partial charge in [0.05, 0.1) is 17.0 Å². The minimum Gasteiger partial charge on any atom is -0.495 e. The van der Waals surface area contributed by atoms with Crippen LogP contribution in [-0.2, 0) is 26.0 Å². The lowest BCUT2D eigenvalue weighted by molar-refractivity contribution is -0.118. The Morgan fingerprint density at radius 2 is 1.91 bits per heavy atom. The van der Waals surface area contributed by atoms with E-state index in [9.17, 15) is 18.0 Å². The summed E-state index contributed by atoms with van der Waals surface area (Å²) in [5.74, 6) is 0.0422. The number of sulfonamides is 1. The third-order valence-corrected chi connectivity index (χ3v) is 7.37. The van der Waals surface area contributed by atoms with Crippen LogP contribution in [0.2, 0.25) is 5.02 Å². The fraction of sp³-hybridized carbons (Fsp3) is 0.417. The van der Waals surface area contributed by atoms with Gasteiger partial charge in [-0.05, 0) is 60.7 Å². The molecule has 184 valence electrons. The van der Waals surface area contributed by atoms with Crippen LogP contribution in [0.5, 0.6) is 5.75 Å². The largest absolute Gasteiger partial charge is 0.495 e. The molecule has 1 heterocycles. The number of amides is 2. The van der Waals surface area contributed by atoms with Crippen LogP contribution < -0.4 is 19.7 Å². The van der Waals surface area contributed by atoms with Crippen molar-refractivity contribution in [2.75, 3.05) is 23.9 Å². The fourth-order valence-corrected chi connectivity index (χ4v) is 5.42. The lowest BCUT2D eigenvalue weighted by atomic mass is 10.0. The van der Waals surface area contributed by atoms with E-state index in [1.165, 1.54) is 13.2 Å². The average Bonchev–Trinajstić information content (AvgIpc) is 3.21. The summed E-state index contributed by atoms with van der Waals surface area (Å²) in [6.07, 6.45) is 1.27. The van der Waals surface area contributed by atoms with Gasteiger partial charge in [-0.3, -0.25) is 9.59 Å². The molecule has 0 spiro atoms. The zero-order valence-corrected chi connectivity index (χ0v) is 21.3. The predicted octanol–water partition coefficient (Wildman–Crippen LogP) is 3.98. The number of fused-ring (bicyclic) bond motifs is 1. The third kappa shape index (κ3) is 5.89. The molecule has 0 bridgehead atoms. The second-order valence-corrected chi connectivity index (χ2v) is 10.7. The Labute approximate surface area is 205 Å². The van der Waals surface area contributed by atoms with Crippen LogP contribution in [0.4, 0.5) is 11.4 Å². The predicted molar refractivity (Wildman–Crippen MR) is 133 cm³/mol. The molecule has 8 nitrogen and oxygen atoms in total. The SMILES string of the molecule is CCC(=O)N1CCc2cc(S(=O)(=O)N[C@@H](CC(C)C)C(=O)Nc3ccc(OC)c(Cl)c3)ccc21. The molecule has 10 heteroatoms. The molecule has 1 atom stereocenters. The average molecular weight is 508 g/mol. The molecule has 0 saturated heterocycles. The van der Waals surface area contributed by atoms with E-state index in [2.05, 4.69) is 10.0 Å². The second-order valence-electron chi connectivity index (χ2n) is 8.58. The van der Waals surface area contributed by atoms with Crippen LogP contribution in [0.25, 0.3) is 0 Å². The number of halogens is 1. The van der Waals surface area contributed by atoms with Gasteiger partial charge in [-0.2, -0.15) is 4.72 Å². The molecule has 2 amide bonds. The molecule has 0 fully saturated rings. The maximum absolute atomic E-state index is 13.2. The highest BCUT2D eigenvalue weighted by atomic mass is 35.5. The molecule has 34 heavy (non-hydrogen) atoms.